The summed E-state index contributed by atoms with van der Waals surface area (Å²) in [4.78, 5) is 2.76. The molecule has 2 aliphatic heterocycles. The van der Waals surface area contributed by atoms with E-state index in [9.17, 15) is 0 Å². The number of hydrogen-bond donors (Lipinski definition) is 1. The van der Waals surface area contributed by atoms with E-state index in [1.54, 1.807) is 0 Å². The lowest BCUT2D eigenvalue weighted by atomic mass is 9.76. The third kappa shape index (κ3) is 2.38. The van der Waals surface area contributed by atoms with Crippen LogP contribution in [-0.2, 0) is 4.74 Å². The molecular formula is C14H26N2O. The fourth-order valence-corrected chi connectivity index (χ4v) is 3.77. The van der Waals surface area contributed by atoms with Gasteiger partial charge in [0.1, 0.15) is 0 Å². The van der Waals surface area contributed by atoms with Crippen LogP contribution < -0.4 is 5.32 Å². The maximum atomic E-state index is 5.40. The summed E-state index contributed by atoms with van der Waals surface area (Å²) in [5.41, 5.74) is 0.596. The summed E-state index contributed by atoms with van der Waals surface area (Å²) >= 11 is 0. The quantitative estimate of drug-likeness (QED) is 0.791. The molecule has 0 aromatic heterocycles. The van der Waals surface area contributed by atoms with E-state index >= 15 is 0 Å². The molecule has 3 aliphatic rings. The molecule has 0 atom stereocenters. The van der Waals surface area contributed by atoms with Gasteiger partial charge >= 0.3 is 0 Å². The van der Waals surface area contributed by atoms with Crippen molar-refractivity contribution in [2.45, 2.75) is 50.6 Å². The lowest BCUT2D eigenvalue weighted by Crippen LogP contribution is -2.53. The Morgan fingerprint density at radius 1 is 1.06 bits per heavy atom. The first-order valence-corrected chi connectivity index (χ1v) is 7.30. The van der Waals surface area contributed by atoms with Crippen molar-refractivity contribution < 1.29 is 4.74 Å². The van der Waals surface area contributed by atoms with Crippen molar-refractivity contribution in [3.8, 4) is 0 Å². The van der Waals surface area contributed by atoms with Gasteiger partial charge in [-0.2, -0.15) is 0 Å². The smallest absolute Gasteiger partial charge is 0.0545 e. The number of ether oxygens (including phenoxy) is 1. The van der Waals surface area contributed by atoms with Crippen molar-refractivity contribution in [2.24, 2.45) is 5.41 Å². The number of nitrogens with zero attached hydrogens (tertiary/aromatic N) is 1. The first-order chi connectivity index (χ1) is 8.31. The standard InChI is InChI=1S/C14H26N2O/c1-15-12-2-4-13(5-3-12)16-8-6-14(7-9-16)10-17-11-14/h12-13,15H,2-11H2,1H3/t12-,13-. The minimum absolute atomic E-state index is 0.596. The van der Waals surface area contributed by atoms with E-state index in [2.05, 4.69) is 17.3 Å². The highest BCUT2D eigenvalue weighted by atomic mass is 16.5. The monoisotopic (exact) mass is 238 g/mol. The molecule has 2 saturated heterocycles. The third-order valence-corrected chi connectivity index (χ3v) is 5.30. The number of piperidine rings is 1. The fourth-order valence-electron chi connectivity index (χ4n) is 3.77. The van der Waals surface area contributed by atoms with Gasteiger partial charge in [-0.25, -0.2) is 0 Å². The molecule has 3 rings (SSSR count). The van der Waals surface area contributed by atoms with Gasteiger partial charge in [-0.15, -0.1) is 0 Å². The molecule has 0 amide bonds. The van der Waals surface area contributed by atoms with Gasteiger partial charge in [-0.1, -0.05) is 0 Å². The molecule has 17 heavy (non-hydrogen) atoms. The molecule has 0 radical (unpaired) electrons. The van der Waals surface area contributed by atoms with Crippen molar-refractivity contribution >= 4 is 0 Å². The molecule has 1 spiro atoms. The molecule has 0 bridgehead atoms. The molecule has 3 nitrogen and oxygen atoms in total. The van der Waals surface area contributed by atoms with Crippen molar-refractivity contribution in [3.05, 3.63) is 0 Å². The van der Waals surface area contributed by atoms with Gasteiger partial charge < -0.3 is 15.0 Å². The number of rotatable bonds is 2. The molecule has 2 heterocycles. The molecule has 1 aliphatic carbocycles. The summed E-state index contributed by atoms with van der Waals surface area (Å²) in [7, 11) is 2.10. The van der Waals surface area contributed by atoms with E-state index in [0.29, 0.717) is 5.41 Å². The molecule has 0 aromatic carbocycles. The van der Waals surface area contributed by atoms with Crippen LogP contribution in [-0.4, -0.2) is 50.3 Å². The van der Waals surface area contributed by atoms with Gasteiger partial charge in [0.15, 0.2) is 0 Å². The Labute approximate surface area is 105 Å². The van der Waals surface area contributed by atoms with E-state index < -0.39 is 0 Å². The molecule has 0 unspecified atom stereocenters. The van der Waals surface area contributed by atoms with Gasteiger partial charge in [0.2, 0.25) is 0 Å². The maximum Gasteiger partial charge on any atom is 0.0545 e. The van der Waals surface area contributed by atoms with Crippen LogP contribution in [0.3, 0.4) is 0 Å². The van der Waals surface area contributed by atoms with Gasteiger partial charge in [-0.3, -0.25) is 0 Å². The Morgan fingerprint density at radius 3 is 2.18 bits per heavy atom. The zero-order chi connectivity index (χ0) is 11.7. The van der Waals surface area contributed by atoms with E-state index in [0.717, 1.165) is 25.3 Å². The fraction of sp³-hybridized carbons (Fsp3) is 1.00. The van der Waals surface area contributed by atoms with Crippen LogP contribution in [0.25, 0.3) is 0 Å². The number of hydrogen-bond acceptors (Lipinski definition) is 3. The summed E-state index contributed by atoms with van der Waals surface area (Å²) in [6, 6.07) is 1.65. The Bertz CT molecular complexity index is 247. The minimum atomic E-state index is 0.596. The van der Waals surface area contributed by atoms with E-state index in [1.807, 2.05) is 0 Å². The first-order valence-electron chi connectivity index (χ1n) is 7.30. The average molecular weight is 238 g/mol. The Hall–Kier alpha value is -0.120. The summed E-state index contributed by atoms with van der Waals surface area (Å²) in [6.45, 7) is 4.71. The lowest BCUT2D eigenvalue weighted by molar-refractivity contribution is -0.143. The molecule has 3 heteroatoms. The summed E-state index contributed by atoms with van der Waals surface area (Å²) < 4.78 is 5.40. The van der Waals surface area contributed by atoms with Crippen molar-refractivity contribution in [3.63, 3.8) is 0 Å². The Kier molecular flexibility index (Phi) is 3.42. The number of likely N-dealkylation sites (tertiary alicyclic amines) is 1. The zero-order valence-electron chi connectivity index (χ0n) is 11.1. The topological polar surface area (TPSA) is 24.5 Å². The van der Waals surface area contributed by atoms with Gasteiger partial charge in [0.25, 0.3) is 0 Å². The van der Waals surface area contributed by atoms with Crippen LogP contribution in [0.5, 0.6) is 0 Å². The van der Waals surface area contributed by atoms with Crippen LogP contribution in [0, 0.1) is 5.41 Å². The predicted molar refractivity (Wildman–Crippen MR) is 69.2 cm³/mol. The SMILES string of the molecule is CN[C@H]1CC[C@H](N2CCC3(CC2)COC3)CC1. The van der Waals surface area contributed by atoms with Gasteiger partial charge in [0, 0.05) is 17.5 Å². The second kappa shape index (κ2) is 4.87. The first kappa shape index (κ1) is 11.9. The second-order valence-corrected chi connectivity index (χ2v) is 6.32. The van der Waals surface area contributed by atoms with Crippen molar-refractivity contribution in [1.29, 1.82) is 0 Å². The highest BCUT2D eigenvalue weighted by molar-refractivity contribution is 4.93. The molecule has 3 fully saturated rings. The Balaban J connectivity index is 1.47. The van der Waals surface area contributed by atoms with Crippen LogP contribution in [0.1, 0.15) is 38.5 Å². The largest absolute Gasteiger partial charge is 0.380 e. The lowest BCUT2D eigenvalue weighted by Gasteiger charge is -2.49. The van der Waals surface area contributed by atoms with E-state index in [1.165, 1.54) is 51.6 Å². The highest BCUT2D eigenvalue weighted by Gasteiger charge is 2.42. The normalized spacial score (nSPS) is 37.9. The van der Waals surface area contributed by atoms with E-state index in [4.69, 9.17) is 4.74 Å². The molecule has 1 saturated carbocycles. The molecular weight excluding hydrogens is 212 g/mol. The van der Waals surface area contributed by atoms with Gasteiger partial charge in [0.05, 0.1) is 13.2 Å². The second-order valence-electron chi connectivity index (χ2n) is 6.32. The van der Waals surface area contributed by atoms with Crippen LogP contribution >= 0.6 is 0 Å². The maximum absolute atomic E-state index is 5.40. The summed E-state index contributed by atoms with van der Waals surface area (Å²) in [6.07, 6.45) is 8.28. The van der Waals surface area contributed by atoms with Crippen molar-refractivity contribution in [2.75, 3.05) is 33.4 Å². The van der Waals surface area contributed by atoms with Crippen LogP contribution in [0.15, 0.2) is 0 Å². The minimum Gasteiger partial charge on any atom is -0.380 e. The molecule has 98 valence electrons. The van der Waals surface area contributed by atoms with Crippen molar-refractivity contribution in [1.82, 2.24) is 10.2 Å². The molecule has 1 N–H and O–H groups in total. The Morgan fingerprint density at radius 2 is 1.71 bits per heavy atom. The zero-order valence-corrected chi connectivity index (χ0v) is 11.1. The predicted octanol–water partition coefficient (Wildman–Crippen LogP) is 1.63. The highest BCUT2D eigenvalue weighted by Crippen LogP contribution is 2.39. The summed E-state index contributed by atoms with van der Waals surface area (Å²) in [5.74, 6) is 0. The van der Waals surface area contributed by atoms with E-state index in [-0.39, 0.29) is 0 Å². The molecule has 0 aromatic rings. The van der Waals surface area contributed by atoms with Gasteiger partial charge in [-0.05, 0) is 58.7 Å². The average Bonchev–Trinajstić information content (AvgIpc) is 2.37. The van der Waals surface area contributed by atoms with Crippen LogP contribution in [0.2, 0.25) is 0 Å². The third-order valence-electron chi connectivity index (χ3n) is 5.30. The summed E-state index contributed by atoms with van der Waals surface area (Å²) in [5, 5.41) is 3.42. The number of nitrogens with one attached hydrogen (secondary N) is 1. The van der Waals surface area contributed by atoms with Crippen LogP contribution in [0.4, 0.5) is 0 Å².